The molecule has 4 heteroatoms. The highest BCUT2D eigenvalue weighted by Gasteiger charge is 2.11. The maximum absolute atomic E-state index is 12.1. The lowest BCUT2D eigenvalue weighted by Gasteiger charge is -2.07. The van der Waals surface area contributed by atoms with Crippen LogP contribution in [0.2, 0.25) is 0 Å². The Morgan fingerprint density at radius 3 is 2.52 bits per heavy atom. The Morgan fingerprint density at radius 1 is 1.19 bits per heavy atom. The minimum absolute atomic E-state index is 0.255. The van der Waals surface area contributed by atoms with E-state index in [1.165, 1.54) is 5.56 Å². The van der Waals surface area contributed by atoms with Crippen molar-refractivity contribution in [2.75, 3.05) is 11.9 Å². The molecule has 0 atom stereocenters. The van der Waals surface area contributed by atoms with Crippen LogP contribution >= 0.6 is 0 Å². The number of rotatable bonds is 6. The summed E-state index contributed by atoms with van der Waals surface area (Å²) < 4.78 is 10.7. The first kappa shape index (κ1) is 15.3. The Labute approximate surface area is 125 Å². The van der Waals surface area contributed by atoms with Crippen molar-refractivity contribution in [3.8, 4) is 0 Å². The van der Waals surface area contributed by atoms with Crippen molar-refractivity contribution in [1.82, 2.24) is 0 Å². The minimum atomic E-state index is -0.255. The number of hydrogen-bond donors (Lipinski definition) is 1. The number of benzene rings is 1. The van der Waals surface area contributed by atoms with Crippen molar-refractivity contribution in [3.63, 3.8) is 0 Å². The van der Waals surface area contributed by atoms with Gasteiger partial charge in [0, 0.05) is 12.3 Å². The molecule has 1 heterocycles. The summed E-state index contributed by atoms with van der Waals surface area (Å²) in [7, 11) is 0. The third kappa shape index (κ3) is 4.20. The lowest BCUT2D eigenvalue weighted by atomic mass is 10.0. The first-order valence-corrected chi connectivity index (χ1v) is 7.18. The molecular formula is C17H21NO3. The Morgan fingerprint density at radius 2 is 1.90 bits per heavy atom. The highest BCUT2D eigenvalue weighted by atomic mass is 16.5. The predicted molar refractivity (Wildman–Crippen MR) is 82.5 cm³/mol. The van der Waals surface area contributed by atoms with Crippen molar-refractivity contribution in [2.24, 2.45) is 0 Å². The number of nitrogens with one attached hydrogen (secondary N) is 1. The average molecular weight is 287 g/mol. The molecule has 0 radical (unpaired) electrons. The maximum atomic E-state index is 12.1. The van der Waals surface area contributed by atoms with Crippen LogP contribution in [0.4, 0.5) is 5.69 Å². The van der Waals surface area contributed by atoms with Crippen LogP contribution in [-0.4, -0.2) is 12.5 Å². The van der Waals surface area contributed by atoms with Crippen LogP contribution in [-0.2, 0) is 11.3 Å². The quantitative estimate of drug-likeness (QED) is 0.866. The van der Waals surface area contributed by atoms with E-state index >= 15 is 0 Å². The van der Waals surface area contributed by atoms with Gasteiger partial charge in [-0.05, 0) is 42.7 Å². The molecule has 0 saturated heterocycles. The van der Waals surface area contributed by atoms with Crippen LogP contribution in [0, 0.1) is 0 Å². The standard InChI is InChI=1S/C17H21NO3/c1-4-20-11-15-9-10-16(21-15)17(19)18-14-7-5-13(6-8-14)12(2)3/h5-10,12H,4,11H2,1-3H3,(H,18,19). The second kappa shape index (κ2) is 7.09. The van der Waals surface area contributed by atoms with Crippen molar-refractivity contribution in [1.29, 1.82) is 0 Å². The van der Waals surface area contributed by atoms with E-state index in [1.54, 1.807) is 12.1 Å². The third-order valence-corrected chi connectivity index (χ3v) is 3.17. The van der Waals surface area contributed by atoms with Crippen LogP contribution in [0.1, 0.15) is 48.6 Å². The number of furan rings is 1. The molecule has 2 aromatic rings. The number of carbonyl (C=O) groups excluding carboxylic acids is 1. The average Bonchev–Trinajstić information content (AvgIpc) is 2.94. The normalized spacial score (nSPS) is 10.9. The highest BCUT2D eigenvalue weighted by Crippen LogP contribution is 2.18. The molecule has 1 N–H and O–H groups in total. The first-order chi connectivity index (χ1) is 10.1. The van der Waals surface area contributed by atoms with E-state index in [-0.39, 0.29) is 11.7 Å². The van der Waals surface area contributed by atoms with Crippen molar-refractivity contribution in [2.45, 2.75) is 33.3 Å². The number of anilines is 1. The molecule has 2 rings (SSSR count). The molecule has 0 aliphatic rings. The van der Waals surface area contributed by atoms with Gasteiger partial charge in [-0.2, -0.15) is 0 Å². The predicted octanol–water partition coefficient (Wildman–Crippen LogP) is 4.19. The summed E-state index contributed by atoms with van der Waals surface area (Å²) in [6, 6.07) is 11.2. The summed E-state index contributed by atoms with van der Waals surface area (Å²) in [5.41, 5.74) is 2.00. The topological polar surface area (TPSA) is 51.5 Å². The van der Waals surface area contributed by atoms with Gasteiger partial charge in [-0.3, -0.25) is 4.79 Å². The van der Waals surface area contributed by atoms with Gasteiger partial charge < -0.3 is 14.5 Å². The highest BCUT2D eigenvalue weighted by molar-refractivity contribution is 6.02. The second-order valence-electron chi connectivity index (χ2n) is 5.13. The summed E-state index contributed by atoms with van der Waals surface area (Å²) in [6.45, 7) is 7.18. The molecule has 1 aromatic carbocycles. The van der Waals surface area contributed by atoms with E-state index < -0.39 is 0 Å². The maximum Gasteiger partial charge on any atom is 0.291 e. The largest absolute Gasteiger partial charge is 0.453 e. The molecular weight excluding hydrogens is 266 g/mol. The fourth-order valence-electron chi connectivity index (χ4n) is 1.92. The Balaban J connectivity index is 1.98. The molecule has 0 saturated carbocycles. The molecule has 0 unspecified atom stereocenters. The van der Waals surface area contributed by atoms with Crippen LogP contribution in [0.5, 0.6) is 0 Å². The van der Waals surface area contributed by atoms with Crippen LogP contribution in [0.3, 0.4) is 0 Å². The second-order valence-corrected chi connectivity index (χ2v) is 5.13. The lowest BCUT2D eigenvalue weighted by molar-refractivity contribution is 0.0972. The third-order valence-electron chi connectivity index (χ3n) is 3.17. The molecule has 4 nitrogen and oxygen atoms in total. The minimum Gasteiger partial charge on any atom is -0.453 e. The summed E-state index contributed by atoms with van der Waals surface area (Å²) >= 11 is 0. The van der Waals surface area contributed by atoms with E-state index in [0.29, 0.717) is 24.9 Å². The zero-order chi connectivity index (χ0) is 15.2. The van der Waals surface area contributed by atoms with Crippen molar-refractivity contribution < 1.29 is 13.9 Å². The van der Waals surface area contributed by atoms with Gasteiger partial charge in [-0.25, -0.2) is 0 Å². The molecule has 0 aliphatic carbocycles. The van der Waals surface area contributed by atoms with Crippen LogP contribution < -0.4 is 5.32 Å². The first-order valence-electron chi connectivity index (χ1n) is 7.18. The van der Waals surface area contributed by atoms with Crippen molar-refractivity contribution in [3.05, 3.63) is 53.5 Å². The number of hydrogen-bond acceptors (Lipinski definition) is 3. The molecule has 0 aliphatic heterocycles. The molecule has 0 spiro atoms. The molecule has 112 valence electrons. The summed E-state index contributed by atoms with van der Waals surface area (Å²) in [4.78, 5) is 12.1. The smallest absolute Gasteiger partial charge is 0.291 e. The SMILES string of the molecule is CCOCc1ccc(C(=O)Nc2ccc(C(C)C)cc2)o1. The van der Waals surface area contributed by atoms with E-state index in [1.807, 2.05) is 31.2 Å². The van der Waals surface area contributed by atoms with Gasteiger partial charge in [0.2, 0.25) is 0 Å². The number of amides is 1. The van der Waals surface area contributed by atoms with Crippen LogP contribution in [0.15, 0.2) is 40.8 Å². The number of carbonyl (C=O) groups is 1. The molecule has 21 heavy (non-hydrogen) atoms. The van der Waals surface area contributed by atoms with E-state index in [2.05, 4.69) is 19.2 Å². The Kier molecular flexibility index (Phi) is 5.17. The Hall–Kier alpha value is -2.07. The molecule has 0 bridgehead atoms. The molecule has 0 fully saturated rings. The fraction of sp³-hybridized carbons (Fsp3) is 0.353. The van der Waals surface area contributed by atoms with Crippen molar-refractivity contribution >= 4 is 11.6 Å². The number of ether oxygens (including phenoxy) is 1. The van der Waals surface area contributed by atoms with Gasteiger partial charge in [-0.1, -0.05) is 26.0 Å². The lowest BCUT2D eigenvalue weighted by Crippen LogP contribution is -2.10. The van der Waals surface area contributed by atoms with Gasteiger partial charge >= 0.3 is 0 Å². The van der Waals surface area contributed by atoms with Gasteiger partial charge in [0.1, 0.15) is 12.4 Å². The zero-order valence-electron chi connectivity index (χ0n) is 12.7. The summed E-state index contributed by atoms with van der Waals surface area (Å²) in [5, 5.41) is 2.82. The molecule has 1 aromatic heterocycles. The zero-order valence-corrected chi connectivity index (χ0v) is 12.7. The van der Waals surface area contributed by atoms with Gasteiger partial charge in [0.25, 0.3) is 5.91 Å². The van der Waals surface area contributed by atoms with E-state index in [9.17, 15) is 4.79 Å². The van der Waals surface area contributed by atoms with Gasteiger partial charge in [0.15, 0.2) is 5.76 Å². The van der Waals surface area contributed by atoms with Gasteiger partial charge in [-0.15, -0.1) is 0 Å². The van der Waals surface area contributed by atoms with Crippen LogP contribution in [0.25, 0.3) is 0 Å². The van der Waals surface area contributed by atoms with E-state index in [4.69, 9.17) is 9.15 Å². The summed E-state index contributed by atoms with van der Waals surface area (Å²) in [6.07, 6.45) is 0. The monoisotopic (exact) mass is 287 g/mol. The Bertz CT molecular complexity index is 584. The summed E-state index contributed by atoms with van der Waals surface area (Å²) in [5.74, 6) is 1.16. The van der Waals surface area contributed by atoms with E-state index in [0.717, 1.165) is 5.69 Å². The fourth-order valence-corrected chi connectivity index (χ4v) is 1.92. The molecule has 1 amide bonds. The van der Waals surface area contributed by atoms with Gasteiger partial charge in [0.05, 0.1) is 0 Å².